The van der Waals surface area contributed by atoms with Crippen LogP contribution in [0.1, 0.15) is 5.56 Å². The van der Waals surface area contributed by atoms with Gasteiger partial charge in [0, 0.05) is 23.2 Å². The van der Waals surface area contributed by atoms with Crippen LogP contribution in [-0.4, -0.2) is 20.5 Å². The average Bonchev–Trinajstić information content (AvgIpc) is 2.73. The molecule has 0 amide bonds. The molecule has 0 aliphatic rings. The van der Waals surface area contributed by atoms with E-state index in [1.165, 1.54) is 35.7 Å². The zero-order valence-electron chi connectivity index (χ0n) is 15.4. The summed E-state index contributed by atoms with van der Waals surface area (Å²) in [6.45, 7) is 0.0453. The van der Waals surface area contributed by atoms with Gasteiger partial charge in [-0.05, 0) is 42.0 Å². The van der Waals surface area contributed by atoms with Crippen molar-refractivity contribution in [2.45, 2.75) is 11.4 Å². The summed E-state index contributed by atoms with van der Waals surface area (Å²) >= 11 is 5.93. The van der Waals surface area contributed by atoms with E-state index in [4.69, 9.17) is 16.3 Å². The second-order valence-electron chi connectivity index (χ2n) is 6.09. The fourth-order valence-corrected chi connectivity index (χ4v) is 4.27. The number of nitrogens with zero attached hydrogens (tertiary/aromatic N) is 2. The molecule has 29 heavy (non-hydrogen) atoms. The Morgan fingerprint density at radius 1 is 1.03 bits per heavy atom. The van der Waals surface area contributed by atoms with Crippen LogP contribution in [0.2, 0.25) is 5.02 Å². The Bertz CT molecular complexity index is 1120. The molecule has 0 bridgehead atoms. The Morgan fingerprint density at radius 2 is 1.69 bits per heavy atom. The van der Waals surface area contributed by atoms with Crippen molar-refractivity contribution in [3.8, 4) is 5.75 Å². The summed E-state index contributed by atoms with van der Waals surface area (Å²) < 4.78 is 33.2. The summed E-state index contributed by atoms with van der Waals surface area (Å²) in [4.78, 5) is 10.2. The summed E-state index contributed by atoms with van der Waals surface area (Å²) in [6, 6.07) is 18.3. The van der Waals surface area contributed by atoms with Gasteiger partial charge in [0.05, 0.1) is 29.2 Å². The topological polar surface area (TPSA) is 89.8 Å². The zero-order chi connectivity index (χ0) is 21.0. The van der Waals surface area contributed by atoms with Crippen molar-refractivity contribution in [1.29, 1.82) is 0 Å². The van der Waals surface area contributed by atoms with Crippen LogP contribution in [0, 0.1) is 10.1 Å². The maximum absolute atomic E-state index is 13.4. The molecule has 0 radical (unpaired) electrons. The number of sulfonamides is 1. The smallest absolute Gasteiger partial charge is 0.269 e. The summed E-state index contributed by atoms with van der Waals surface area (Å²) in [5.41, 5.74) is 0.940. The number of ether oxygens (including phenoxy) is 1. The molecule has 0 aliphatic carbocycles. The number of nitro benzene ring substituents is 1. The van der Waals surface area contributed by atoms with Gasteiger partial charge in [0.1, 0.15) is 5.75 Å². The molecule has 0 atom stereocenters. The number of hydrogen-bond donors (Lipinski definition) is 0. The average molecular weight is 433 g/mol. The molecule has 0 unspecified atom stereocenters. The Morgan fingerprint density at radius 3 is 2.28 bits per heavy atom. The quantitative estimate of drug-likeness (QED) is 0.400. The van der Waals surface area contributed by atoms with Crippen molar-refractivity contribution in [2.24, 2.45) is 0 Å². The largest absolute Gasteiger partial charge is 0.497 e. The first kappa shape index (κ1) is 20.6. The first-order valence-corrected chi connectivity index (χ1v) is 10.3. The lowest BCUT2D eigenvalue weighted by atomic mass is 10.2. The van der Waals surface area contributed by atoms with Crippen LogP contribution in [0.3, 0.4) is 0 Å². The molecule has 0 saturated heterocycles. The van der Waals surface area contributed by atoms with Crippen molar-refractivity contribution in [3.63, 3.8) is 0 Å². The van der Waals surface area contributed by atoms with E-state index in [2.05, 4.69) is 0 Å². The van der Waals surface area contributed by atoms with Crippen LogP contribution in [-0.2, 0) is 16.6 Å². The Hall–Kier alpha value is -3.10. The van der Waals surface area contributed by atoms with Crippen molar-refractivity contribution < 1.29 is 18.1 Å². The zero-order valence-corrected chi connectivity index (χ0v) is 16.9. The van der Waals surface area contributed by atoms with E-state index >= 15 is 0 Å². The minimum atomic E-state index is -4.01. The Kier molecular flexibility index (Phi) is 6.05. The molecular weight excluding hydrogens is 416 g/mol. The van der Waals surface area contributed by atoms with Crippen molar-refractivity contribution in [1.82, 2.24) is 0 Å². The molecule has 0 N–H and O–H groups in total. The number of halogens is 1. The van der Waals surface area contributed by atoms with Crippen molar-refractivity contribution in [2.75, 3.05) is 11.4 Å². The highest BCUT2D eigenvalue weighted by Crippen LogP contribution is 2.29. The molecule has 0 heterocycles. The SMILES string of the molecule is COc1cccc(N(Cc2ccc(Cl)cc2)S(=O)(=O)c2ccc([N+](=O)[O-])cc2)c1. The maximum atomic E-state index is 13.4. The van der Waals surface area contributed by atoms with Gasteiger partial charge in [0.2, 0.25) is 0 Å². The van der Waals surface area contributed by atoms with E-state index < -0.39 is 14.9 Å². The number of methoxy groups -OCH3 is 1. The second-order valence-corrected chi connectivity index (χ2v) is 8.39. The molecule has 0 fully saturated rings. The molecule has 3 rings (SSSR count). The Labute approximate surface area is 173 Å². The lowest BCUT2D eigenvalue weighted by molar-refractivity contribution is -0.384. The summed E-state index contributed by atoms with van der Waals surface area (Å²) in [5.74, 6) is 0.502. The highest BCUT2D eigenvalue weighted by Gasteiger charge is 2.26. The lowest BCUT2D eigenvalue weighted by Crippen LogP contribution is -2.30. The van der Waals surface area contributed by atoms with Gasteiger partial charge in [-0.15, -0.1) is 0 Å². The fraction of sp³-hybridized carbons (Fsp3) is 0.100. The first-order chi connectivity index (χ1) is 13.8. The summed E-state index contributed by atoms with van der Waals surface area (Å²) in [6.07, 6.45) is 0. The standard InChI is InChI=1S/C20H17ClN2O5S/c1-28-19-4-2-3-18(13-19)22(14-15-5-7-16(21)8-6-15)29(26,27)20-11-9-17(10-12-20)23(24)25/h2-13H,14H2,1H3. The van der Waals surface area contributed by atoms with Gasteiger partial charge in [-0.3, -0.25) is 14.4 Å². The molecule has 150 valence electrons. The molecule has 3 aromatic carbocycles. The molecule has 7 nitrogen and oxygen atoms in total. The predicted octanol–water partition coefficient (Wildman–Crippen LogP) is 4.65. The molecule has 0 saturated carbocycles. The van der Waals surface area contributed by atoms with E-state index in [1.807, 2.05) is 0 Å². The van der Waals surface area contributed by atoms with E-state index in [1.54, 1.807) is 48.5 Å². The molecule has 0 aliphatic heterocycles. The summed E-state index contributed by atoms with van der Waals surface area (Å²) in [7, 11) is -2.51. The minimum absolute atomic E-state index is 0.0453. The summed E-state index contributed by atoms with van der Waals surface area (Å²) in [5, 5.41) is 11.4. The number of nitro groups is 1. The van der Waals surface area contributed by atoms with Gasteiger partial charge in [-0.25, -0.2) is 8.42 Å². The third-order valence-electron chi connectivity index (χ3n) is 4.22. The molecule has 0 spiro atoms. The van der Waals surface area contributed by atoms with Crippen LogP contribution in [0.4, 0.5) is 11.4 Å². The molecule has 3 aromatic rings. The number of non-ortho nitro benzene ring substituents is 1. The van der Waals surface area contributed by atoms with E-state index in [-0.39, 0.29) is 17.1 Å². The normalized spacial score (nSPS) is 11.1. The van der Waals surface area contributed by atoms with E-state index in [9.17, 15) is 18.5 Å². The van der Waals surface area contributed by atoms with Crippen LogP contribution in [0.15, 0.2) is 77.7 Å². The number of hydrogen-bond acceptors (Lipinski definition) is 5. The van der Waals surface area contributed by atoms with E-state index in [0.29, 0.717) is 16.5 Å². The third kappa shape index (κ3) is 4.67. The minimum Gasteiger partial charge on any atom is -0.497 e. The monoisotopic (exact) mass is 432 g/mol. The highest BCUT2D eigenvalue weighted by atomic mass is 35.5. The van der Waals surface area contributed by atoms with Gasteiger partial charge < -0.3 is 4.74 Å². The van der Waals surface area contributed by atoms with Gasteiger partial charge in [0.25, 0.3) is 15.7 Å². The second kappa shape index (κ2) is 8.50. The lowest BCUT2D eigenvalue weighted by Gasteiger charge is -2.25. The van der Waals surface area contributed by atoms with Gasteiger partial charge in [0.15, 0.2) is 0 Å². The Balaban J connectivity index is 2.07. The first-order valence-electron chi connectivity index (χ1n) is 8.47. The van der Waals surface area contributed by atoms with Gasteiger partial charge >= 0.3 is 0 Å². The van der Waals surface area contributed by atoms with Gasteiger partial charge in [-0.1, -0.05) is 29.8 Å². The number of rotatable bonds is 7. The van der Waals surface area contributed by atoms with Crippen molar-refractivity contribution >= 4 is 33.0 Å². The van der Waals surface area contributed by atoms with Gasteiger partial charge in [-0.2, -0.15) is 0 Å². The molecular formula is C20H17ClN2O5S. The highest BCUT2D eigenvalue weighted by molar-refractivity contribution is 7.92. The third-order valence-corrected chi connectivity index (χ3v) is 6.26. The fourth-order valence-electron chi connectivity index (χ4n) is 2.70. The number of benzene rings is 3. The van der Waals surface area contributed by atoms with E-state index in [0.717, 1.165) is 5.56 Å². The van der Waals surface area contributed by atoms with Crippen LogP contribution in [0.5, 0.6) is 5.75 Å². The molecule has 0 aromatic heterocycles. The predicted molar refractivity (Wildman–Crippen MR) is 111 cm³/mol. The number of anilines is 1. The van der Waals surface area contributed by atoms with Crippen LogP contribution < -0.4 is 9.04 Å². The maximum Gasteiger partial charge on any atom is 0.269 e. The van der Waals surface area contributed by atoms with Crippen LogP contribution in [0.25, 0.3) is 0 Å². The van der Waals surface area contributed by atoms with Crippen LogP contribution >= 0.6 is 11.6 Å². The van der Waals surface area contributed by atoms with Crippen molar-refractivity contribution in [3.05, 3.63) is 93.5 Å². The molecule has 9 heteroatoms.